The highest BCUT2D eigenvalue weighted by atomic mass is 19.4. The second-order valence-electron chi connectivity index (χ2n) is 7.31. The molecular formula is C19H29F3N2O. The van der Waals surface area contributed by atoms with E-state index in [9.17, 15) is 18.3 Å². The van der Waals surface area contributed by atoms with Gasteiger partial charge in [0.25, 0.3) is 0 Å². The van der Waals surface area contributed by atoms with Crippen LogP contribution in [0.4, 0.5) is 13.2 Å². The summed E-state index contributed by atoms with van der Waals surface area (Å²) in [5.41, 5.74) is 0.291. The van der Waals surface area contributed by atoms with Crippen LogP contribution >= 0.6 is 0 Å². The van der Waals surface area contributed by atoms with Crippen molar-refractivity contribution in [3.8, 4) is 0 Å². The molecule has 3 nitrogen and oxygen atoms in total. The standard InChI is InChI=1S/C19H29F3N2O/c1-15(2)7-9-24-11-10-23(14-18(24)8-12-25)13-16-3-5-17(6-4-16)19(20,21)22/h3-6,15,18,25H,7-14H2,1-2H3/t18-/m1/s1. The van der Waals surface area contributed by atoms with E-state index in [1.807, 2.05) is 0 Å². The smallest absolute Gasteiger partial charge is 0.396 e. The van der Waals surface area contributed by atoms with E-state index in [-0.39, 0.29) is 6.61 Å². The third-order valence-electron chi connectivity index (χ3n) is 4.83. The minimum Gasteiger partial charge on any atom is -0.396 e. The Morgan fingerprint density at radius 3 is 2.40 bits per heavy atom. The molecule has 1 fully saturated rings. The van der Waals surface area contributed by atoms with Crippen molar-refractivity contribution in [2.75, 3.05) is 32.8 Å². The zero-order valence-corrected chi connectivity index (χ0v) is 15.1. The van der Waals surface area contributed by atoms with Gasteiger partial charge in [0.15, 0.2) is 0 Å². The number of alkyl halides is 3. The predicted octanol–water partition coefficient (Wildman–Crippen LogP) is 3.62. The second-order valence-corrected chi connectivity index (χ2v) is 7.31. The molecule has 0 aromatic heterocycles. The number of hydrogen-bond donors (Lipinski definition) is 1. The van der Waals surface area contributed by atoms with Crippen LogP contribution in [-0.4, -0.2) is 53.7 Å². The van der Waals surface area contributed by atoms with E-state index < -0.39 is 11.7 Å². The van der Waals surface area contributed by atoms with E-state index in [2.05, 4.69) is 23.6 Å². The van der Waals surface area contributed by atoms with Crippen molar-refractivity contribution < 1.29 is 18.3 Å². The van der Waals surface area contributed by atoms with Crippen LogP contribution < -0.4 is 0 Å². The number of nitrogens with zero attached hydrogens (tertiary/aromatic N) is 2. The molecule has 1 saturated heterocycles. The molecule has 0 amide bonds. The van der Waals surface area contributed by atoms with E-state index in [0.717, 1.165) is 56.7 Å². The van der Waals surface area contributed by atoms with Gasteiger partial charge >= 0.3 is 6.18 Å². The fourth-order valence-electron chi connectivity index (χ4n) is 3.30. The van der Waals surface area contributed by atoms with Gasteiger partial charge in [0.1, 0.15) is 0 Å². The second kappa shape index (κ2) is 9.01. The third-order valence-corrected chi connectivity index (χ3v) is 4.83. The van der Waals surface area contributed by atoms with Crippen LogP contribution in [0.3, 0.4) is 0 Å². The summed E-state index contributed by atoms with van der Waals surface area (Å²) >= 11 is 0. The van der Waals surface area contributed by atoms with Crippen LogP contribution in [0.25, 0.3) is 0 Å². The lowest BCUT2D eigenvalue weighted by molar-refractivity contribution is -0.137. The molecule has 25 heavy (non-hydrogen) atoms. The van der Waals surface area contributed by atoms with Crippen LogP contribution in [0.1, 0.15) is 37.8 Å². The van der Waals surface area contributed by atoms with Crippen molar-refractivity contribution in [1.29, 1.82) is 0 Å². The van der Waals surface area contributed by atoms with E-state index in [1.165, 1.54) is 0 Å². The first-order valence-corrected chi connectivity index (χ1v) is 9.03. The summed E-state index contributed by atoms with van der Waals surface area (Å²) in [5, 5.41) is 9.34. The van der Waals surface area contributed by atoms with Gasteiger partial charge in [0, 0.05) is 38.8 Å². The lowest BCUT2D eigenvalue weighted by Crippen LogP contribution is -2.53. The summed E-state index contributed by atoms with van der Waals surface area (Å²) in [5.74, 6) is 0.653. The topological polar surface area (TPSA) is 26.7 Å². The molecule has 1 aliphatic rings. The average molecular weight is 358 g/mol. The number of halogens is 3. The van der Waals surface area contributed by atoms with Crippen LogP contribution in [0.15, 0.2) is 24.3 Å². The van der Waals surface area contributed by atoms with Crippen LogP contribution in [0.5, 0.6) is 0 Å². The fraction of sp³-hybridized carbons (Fsp3) is 0.684. The summed E-state index contributed by atoms with van der Waals surface area (Å²) in [6.45, 7) is 8.97. The molecule has 1 aromatic carbocycles. The van der Waals surface area contributed by atoms with Crippen molar-refractivity contribution >= 4 is 0 Å². The molecule has 0 spiro atoms. The molecule has 6 heteroatoms. The maximum Gasteiger partial charge on any atom is 0.416 e. The maximum atomic E-state index is 12.6. The van der Waals surface area contributed by atoms with Gasteiger partial charge in [-0.2, -0.15) is 13.2 Å². The highest BCUT2D eigenvalue weighted by molar-refractivity contribution is 5.24. The molecule has 1 aliphatic heterocycles. The minimum atomic E-state index is -4.28. The van der Waals surface area contributed by atoms with Crippen molar-refractivity contribution in [3.63, 3.8) is 0 Å². The molecule has 1 atom stereocenters. The number of benzene rings is 1. The third kappa shape index (κ3) is 6.28. The molecule has 142 valence electrons. The first-order chi connectivity index (χ1) is 11.8. The Bertz CT molecular complexity index is 516. The lowest BCUT2D eigenvalue weighted by Gasteiger charge is -2.41. The normalized spacial score (nSPS) is 20.4. The Labute approximate surface area is 148 Å². The van der Waals surface area contributed by atoms with E-state index in [0.29, 0.717) is 18.5 Å². The van der Waals surface area contributed by atoms with Gasteiger partial charge in [-0.3, -0.25) is 9.80 Å². The molecular weight excluding hydrogens is 329 g/mol. The summed E-state index contributed by atoms with van der Waals surface area (Å²) in [6.07, 6.45) is -2.41. The zero-order chi connectivity index (χ0) is 18.4. The van der Waals surface area contributed by atoms with Gasteiger partial charge in [-0.1, -0.05) is 26.0 Å². The Hall–Kier alpha value is -1.11. The number of rotatable bonds is 7. The van der Waals surface area contributed by atoms with Crippen molar-refractivity contribution in [3.05, 3.63) is 35.4 Å². The summed E-state index contributed by atoms with van der Waals surface area (Å²) in [6, 6.07) is 5.75. The maximum absolute atomic E-state index is 12.6. The zero-order valence-electron chi connectivity index (χ0n) is 15.1. The Kier molecular flexibility index (Phi) is 7.28. The SMILES string of the molecule is CC(C)CCN1CCN(Cc2ccc(C(F)(F)F)cc2)C[C@H]1CCO. The van der Waals surface area contributed by atoms with Gasteiger partial charge < -0.3 is 5.11 Å². The Balaban J connectivity index is 1.93. The van der Waals surface area contributed by atoms with E-state index in [1.54, 1.807) is 12.1 Å². The molecule has 0 bridgehead atoms. The summed E-state index contributed by atoms with van der Waals surface area (Å²) < 4.78 is 37.9. The Morgan fingerprint density at radius 2 is 1.84 bits per heavy atom. The largest absolute Gasteiger partial charge is 0.416 e. The number of aliphatic hydroxyl groups excluding tert-OH is 1. The summed E-state index contributed by atoms with van der Waals surface area (Å²) in [7, 11) is 0. The average Bonchev–Trinajstić information content (AvgIpc) is 2.54. The van der Waals surface area contributed by atoms with Crippen molar-refractivity contribution in [2.24, 2.45) is 5.92 Å². The number of piperazine rings is 1. The highest BCUT2D eigenvalue weighted by Gasteiger charge is 2.30. The quantitative estimate of drug-likeness (QED) is 0.806. The molecule has 0 radical (unpaired) electrons. The molecule has 0 unspecified atom stereocenters. The minimum absolute atomic E-state index is 0.164. The van der Waals surface area contributed by atoms with Gasteiger partial charge in [0.2, 0.25) is 0 Å². The number of hydrogen-bond acceptors (Lipinski definition) is 3. The van der Waals surface area contributed by atoms with E-state index in [4.69, 9.17) is 0 Å². The fourth-order valence-corrected chi connectivity index (χ4v) is 3.30. The first kappa shape index (κ1) is 20.2. The van der Waals surface area contributed by atoms with Gasteiger partial charge in [0.05, 0.1) is 5.56 Å². The molecule has 1 N–H and O–H groups in total. The Morgan fingerprint density at radius 1 is 1.16 bits per heavy atom. The van der Waals surface area contributed by atoms with Crippen molar-refractivity contribution in [1.82, 2.24) is 9.80 Å². The number of aliphatic hydroxyl groups is 1. The molecule has 2 rings (SSSR count). The van der Waals surface area contributed by atoms with Crippen LogP contribution in [0.2, 0.25) is 0 Å². The van der Waals surface area contributed by atoms with Crippen LogP contribution in [-0.2, 0) is 12.7 Å². The van der Waals surface area contributed by atoms with Crippen LogP contribution in [0, 0.1) is 5.92 Å². The van der Waals surface area contributed by atoms with Gasteiger partial charge in [-0.15, -0.1) is 0 Å². The predicted molar refractivity (Wildman–Crippen MR) is 93.2 cm³/mol. The molecule has 1 aromatic rings. The van der Waals surface area contributed by atoms with Gasteiger partial charge in [-0.05, 0) is 43.0 Å². The first-order valence-electron chi connectivity index (χ1n) is 9.03. The summed E-state index contributed by atoms with van der Waals surface area (Å²) in [4.78, 5) is 4.72. The van der Waals surface area contributed by atoms with Gasteiger partial charge in [-0.25, -0.2) is 0 Å². The lowest BCUT2D eigenvalue weighted by atomic mass is 10.0. The monoisotopic (exact) mass is 358 g/mol. The van der Waals surface area contributed by atoms with E-state index >= 15 is 0 Å². The highest BCUT2D eigenvalue weighted by Crippen LogP contribution is 2.29. The molecule has 0 aliphatic carbocycles. The molecule has 1 heterocycles. The molecule has 0 saturated carbocycles. The van der Waals surface area contributed by atoms with Crippen molar-refractivity contribution in [2.45, 2.75) is 45.5 Å².